The van der Waals surface area contributed by atoms with Crippen LogP contribution in [-0.4, -0.2) is 14.5 Å². The number of aromatic nitrogens is 3. The van der Waals surface area contributed by atoms with E-state index in [0.717, 1.165) is 22.4 Å². The fourth-order valence-corrected chi connectivity index (χ4v) is 1.84. The largest absolute Gasteiger partial charge is 0.389 e. The van der Waals surface area contributed by atoms with Crippen LogP contribution in [0.2, 0.25) is 0 Å². The minimum Gasteiger partial charge on any atom is -0.389 e. The summed E-state index contributed by atoms with van der Waals surface area (Å²) >= 11 is 1.46. The predicted molar refractivity (Wildman–Crippen MR) is 53.0 cm³/mol. The lowest BCUT2D eigenvalue weighted by molar-refractivity contribution is 0.884. The lowest BCUT2D eigenvalue weighted by Crippen LogP contribution is -1.97. The molecule has 0 aliphatic rings. The molecule has 0 aliphatic carbocycles. The van der Waals surface area contributed by atoms with Crippen molar-refractivity contribution in [2.75, 3.05) is 5.73 Å². The molecule has 68 valence electrons. The van der Waals surface area contributed by atoms with Crippen LogP contribution in [0.4, 0.5) is 5.00 Å². The van der Waals surface area contributed by atoms with E-state index in [4.69, 9.17) is 5.73 Å². The normalized spacial score (nSPS) is 10.5. The average molecular weight is 194 g/mol. The lowest BCUT2D eigenvalue weighted by atomic mass is 10.5. The second-order valence-corrected chi connectivity index (χ2v) is 3.65. The van der Waals surface area contributed by atoms with Crippen molar-refractivity contribution in [2.45, 2.75) is 13.3 Å². The van der Waals surface area contributed by atoms with Crippen LogP contribution in [0.3, 0.4) is 0 Å². The van der Waals surface area contributed by atoms with E-state index in [9.17, 15) is 0 Å². The van der Waals surface area contributed by atoms with Crippen molar-refractivity contribution in [3.8, 4) is 5.13 Å². The molecule has 2 rings (SSSR count). The Morgan fingerprint density at radius 3 is 3.00 bits per heavy atom. The molecule has 0 fully saturated rings. The summed E-state index contributed by atoms with van der Waals surface area (Å²) in [5.74, 6) is 1.01. The fourth-order valence-electron chi connectivity index (χ4n) is 1.16. The van der Waals surface area contributed by atoms with Crippen molar-refractivity contribution in [2.24, 2.45) is 0 Å². The molecular weight excluding hydrogens is 184 g/mol. The van der Waals surface area contributed by atoms with Gasteiger partial charge in [-0.1, -0.05) is 18.3 Å². The van der Waals surface area contributed by atoms with Gasteiger partial charge in [0, 0.05) is 18.8 Å². The van der Waals surface area contributed by atoms with Gasteiger partial charge in [-0.25, -0.2) is 9.97 Å². The maximum absolute atomic E-state index is 5.60. The smallest absolute Gasteiger partial charge is 0.196 e. The second kappa shape index (κ2) is 3.18. The zero-order chi connectivity index (χ0) is 9.26. The maximum Gasteiger partial charge on any atom is 0.196 e. The lowest BCUT2D eigenvalue weighted by Gasteiger charge is -1.99. The molecule has 0 unspecified atom stereocenters. The van der Waals surface area contributed by atoms with E-state index in [1.165, 1.54) is 11.3 Å². The van der Waals surface area contributed by atoms with Gasteiger partial charge < -0.3 is 5.73 Å². The second-order valence-electron chi connectivity index (χ2n) is 2.61. The van der Waals surface area contributed by atoms with Crippen LogP contribution < -0.4 is 5.73 Å². The Balaban J connectivity index is 2.45. The van der Waals surface area contributed by atoms with Crippen LogP contribution >= 0.6 is 11.3 Å². The van der Waals surface area contributed by atoms with Gasteiger partial charge in [0.15, 0.2) is 5.13 Å². The number of thiazole rings is 1. The van der Waals surface area contributed by atoms with E-state index in [1.807, 2.05) is 10.8 Å². The predicted octanol–water partition coefficient (Wildman–Crippen LogP) is 1.47. The number of nitrogens with zero attached hydrogens (tertiary/aromatic N) is 3. The quantitative estimate of drug-likeness (QED) is 0.787. The third kappa shape index (κ3) is 1.42. The highest BCUT2D eigenvalue weighted by molar-refractivity contribution is 7.17. The first-order chi connectivity index (χ1) is 6.31. The minimum absolute atomic E-state index is 0.728. The molecule has 0 bridgehead atoms. The molecule has 2 N–H and O–H groups in total. The SMILES string of the molecule is CCc1nccn1-c1ncc(N)s1. The van der Waals surface area contributed by atoms with Gasteiger partial charge in [-0.3, -0.25) is 4.57 Å². The van der Waals surface area contributed by atoms with E-state index < -0.39 is 0 Å². The van der Waals surface area contributed by atoms with Crippen LogP contribution in [0.15, 0.2) is 18.6 Å². The number of anilines is 1. The molecule has 0 saturated carbocycles. The van der Waals surface area contributed by atoms with Crippen molar-refractivity contribution in [3.05, 3.63) is 24.4 Å². The van der Waals surface area contributed by atoms with Gasteiger partial charge in [-0.15, -0.1) is 0 Å². The summed E-state index contributed by atoms with van der Waals surface area (Å²) in [5.41, 5.74) is 5.60. The van der Waals surface area contributed by atoms with Crippen LogP contribution in [0, 0.1) is 0 Å². The number of hydrogen-bond donors (Lipinski definition) is 1. The summed E-state index contributed by atoms with van der Waals surface area (Å²) < 4.78 is 1.96. The van der Waals surface area contributed by atoms with E-state index in [0.29, 0.717) is 0 Å². The monoisotopic (exact) mass is 194 g/mol. The number of hydrogen-bond acceptors (Lipinski definition) is 4. The van der Waals surface area contributed by atoms with Gasteiger partial charge in [0.05, 0.1) is 6.20 Å². The molecular formula is C8H10N4S. The molecule has 5 heteroatoms. The zero-order valence-electron chi connectivity index (χ0n) is 7.27. The standard InChI is InChI=1S/C8H10N4S/c1-2-7-10-3-4-12(7)8-11-5-6(9)13-8/h3-5H,2,9H2,1H3. The first-order valence-electron chi connectivity index (χ1n) is 4.05. The summed E-state index contributed by atoms with van der Waals surface area (Å²) in [6.07, 6.45) is 6.24. The summed E-state index contributed by atoms with van der Waals surface area (Å²) in [6.45, 7) is 2.07. The van der Waals surface area contributed by atoms with E-state index in [2.05, 4.69) is 16.9 Å². The molecule has 2 heterocycles. The molecule has 0 radical (unpaired) electrons. The van der Waals surface area contributed by atoms with Crippen LogP contribution in [0.1, 0.15) is 12.7 Å². The zero-order valence-corrected chi connectivity index (χ0v) is 8.08. The van der Waals surface area contributed by atoms with Crippen LogP contribution in [0.25, 0.3) is 5.13 Å². The van der Waals surface area contributed by atoms with Gasteiger partial charge in [0.2, 0.25) is 0 Å². The number of nitrogen functional groups attached to an aromatic ring is 1. The molecule has 0 atom stereocenters. The Kier molecular flexibility index (Phi) is 2.02. The van der Waals surface area contributed by atoms with Gasteiger partial charge in [-0.05, 0) is 0 Å². The Labute approximate surface area is 80.1 Å². The van der Waals surface area contributed by atoms with Gasteiger partial charge in [0.1, 0.15) is 10.8 Å². The highest BCUT2D eigenvalue weighted by Crippen LogP contribution is 2.19. The first kappa shape index (κ1) is 8.25. The first-order valence-corrected chi connectivity index (χ1v) is 4.87. The summed E-state index contributed by atoms with van der Waals surface area (Å²) in [6, 6.07) is 0. The molecule has 4 nitrogen and oxygen atoms in total. The molecule has 2 aromatic rings. The third-order valence-electron chi connectivity index (χ3n) is 1.75. The van der Waals surface area contributed by atoms with Crippen molar-refractivity contribution in [1.29, 1.82) is 0 Å². The van der Waals surface area contributed by atoms with E-state index in [-0.39, 0.29) is 0 Å². The van der Waals surface area contributed by atoms with Crippen molar-refractivity contribution >= 4 is 16.3 Å². The van der Waals surface area contributed by atoms with Crippen LogP contribution in [0.5, 0.6) is 0 Å². The number of rotatable bonds is 2. The average Bonchev–Trinajstić information content (AvgIpc) is 2.71. The Hall–Kier alpha value is -1.36. The highest BCUT2D eigenvalue weighted by Gasteiger charge is 2.05. The maximum atomic E-state index is 5.60. The number of aryl methyl sites for hydroxylation is 1. The van der Waals surface area contributed by atoms with Crippen molar-refractivity contribution < 1.29 is 0 Å². The van der Waals surface area contributed by atoms with E-state index >= 15 is 0 Å². The molecule has 0 spiro atoms. The topological polar surface area (TPSA) is 56.7 Å². The molecule has 0 aromatic carbocycles. The highest BCUT2D eigenvalue weighted by atomic mass is 32.1. The third-order valence-corrected chi connectivity index (χ3v) is 2.58. The number of nitrogens with two attached hydrogens (primary N) is 1. The van der Waals surface area contributed by atoms with Gasteiger partial charge in [-0.2, -0.15) is 0 Å². The van der Waals surface area contributed by atoms with E-state index in [1.54, 1.807) is 12.4 Å². The molecule has 2 aromatic heterocycles. The summed E-state index contributed by atoms with van der Waals surface area (Å²) in [7, 11) is 0. The Morgan fingerprint density at radius 1 is 1.54 bits per heavy atom. The Morgan fingerprint density at radius 2 is 2.38 bits per heavy atom. The van der Waals surface area contributed by atoms with Crippen molar-refractivity contribution in [1.82, 2.24) is 14.5 Å². The van der Waals surface area contributed by atoms with Crippen molar-refractivity contribution in [3.63, 3.8) is 0 Å². The van der Waals surface area contributed by atoms with Crippen LogP contribution in [-0.2, 0) is 6.42 Å². The summed E-state index contributed by atoms with van der Waals surface area (Å²) in [5, 5.41) is 1.61. The minimum atomic E-state index is 0.728. The Bertz CT molecular complexity index is 404. The molecule has 0 amide bonds. The molecule has 0 aliphatic heterocycles. The summed E-state index contributed by atoms with van der Waals surface area (Å²) in [4.78, 5) is 8.39. The molecule has 13 heavy (non-hydrogen) atoms. The molecule has 0 saturated heterocycles. The van der Waals surface area contributed by atoms with Gasteiger partial charge >= 0.3 is 0 Å². The fraction of sp³-hybridized carbons (Fsp3) is 0.250. The number of imidazole rings is 1. The van der Waals surface area contributed by atoms with Gasteiger partial charge in [0.25, 0.3) is 0 Å².